The van der Waals surface area contributed by atoms with E-state index in [0.29, 0.717) is 13.2 Å². The topological polar surface area (TPSA) is 64.3 Å². The van der Waals surface area contributed by atoms with E-state index in [1.54, 1.807) is 0 Å². The smallest absolute Gasteiger partial charge is 0.239 e. The number of rotatable bonds is 13. The number of primary amides is 1. The van der Waals surface area contributed by atoms with Gasteiger partial charge in [-0.05, 0) is 26.3 Å². The summed E-state index contributed by atoms with van der Waals surface area (Å²) >= 11 is 0. The van der Waals surface area contributed by atoms with Gasteiger partial charge in [-0.1, -0.05) is 46.0 Å². The van der Waals surface area contributed by atoms with Gasteiger partial charge in [0.2, 0.25) is 5.91 Å². The summed E-state index contributed by atoms with van der Waals surface area (Å²) in [6.45, 7) is 7.94. The van der Waals surface area contributed by atoms with Gasteiger partial charge in [0.25, 0.3) is 0 Å². The number of hydrogen-bond acceptors (Lipinski definition) is 3. The van der Waals surface area contributed by atoms with Crippen LogP contribution in [-0.4, -0.2) is 31.2 Å². The number of hydrogen-bond donors (Lipinski definition) is 2. The average Bonchev–Trinajstić information content (AvgIpc) is 2.39. The Morgan fingerprint density at radius 1 is 1.11 bits per heavy atom. The van der Waals surface area contributed by atoms with Crippen molar-refractivity contribution in [2.45, 2.75) is 71.3 Å². The zero-order valence-corrected chi connectivity index (χ0v) is 13.0. The number of amides is 1. The third-order valence-electron chi connectivity index (χ3n) is 3.34. The zero-order valence-electron chi connectivity index (χ0n) is 13.0. The van der Waals surface area contributed by atoms with Gasteiger partial charge in [0.15, 0.2) is 0 Å². The van der Waals surface area contributed by atoms with Crippen LogP contribution in [-0.2, 0) is 9.53 Å². The van der Waals surface area contributed by atoms with Gasteiger partial charge in [0.05, 0.1) is 6.61 Å². The third kappa shape index (κ3) is 9.00. The molecule has 1 amide bonds. The standard InChI is InChI=1S/C15H32N2O2/c1-4-6-7-8-9-10-12-19-13-15(3,14(16)18)17-11-5-2/h17H,4-13H2,1-3H3,(H2,16,18). The lowest BCUT2D eigenvalue weighted by atomic mass is 10.0. The van der Waals surface area contributed by atoms with E-state index in [0.717, 1.165) is 19.4 Å². The Kier molecular flexibility index (Phi) is 10.9. The number of nitrogens with two attached hydrogens (primary N) is 1. The van der Waals surface area contributed by atoms with Gasteiger partial charge in [0.1, 0.15) is 5.54 Å². The number of ether oxygens (including phenoxy) is 1. The van der Waals surface area contributed by atoms with Crippen molar-refractivity contribution in [3.63, 3.8) is 0 Å². The normalized spacial score (nSPS) is 14.3. The number of nitrogens with one attached hydrogen (secondary N) is 1. The molecule has 4 heteroatoms. The highest BCUT2D eigenvalue weighted by atomic mass is 16.5. The molecule has 114 valence electrons. The minimum atomic E-state index is -0.738. The molecule has 0 aromatic heterocycles. The number of carbonyl (C=O) groups is 1. The SMILES string of the molecule is CCCCCCCCOCC(C)(NCCC)C(N)=O. The predicted molar refractivity (Wildman–Crippen MR) is 80.1 cm³/mol. The van der Waals surface area contributed by atoms with Crippen molar-refractivity contribution in [2.24, 2.45) is 5.73 Å². The van der Waals surface area contributed by atoms with Crippen molar-refractivity contribution in [2.75, 3.05) is 19.8 Å². The predicted octanol–water partition coefficient (Wildman–Crippen LogP) is 2.61. The van der Waals surface area contributed by atoms with Gasteiger partial charge < -0.3 is 15.8 Å². The van der Waals surface area contributed by atoms with Gasteiger partial charge >= 0.3 is 0 Å². The largest absolute Gasteiger partial charge is 0.379 e. The average molecular weight is 272 g/mol. The fraction of sp³-hybridized carbons (Fsp3) is 0.933. The Morgan fingerprint density at radius 3 is 2.32 bits per heavy atom. The molecule has 19 heavy (non-hydrogen) atoms. The Labute approximate surface area is 118 Å². The van der Waals surface area contributed by atoms with Crippen LogP contribution >= 0.6 is 0 Å². The quantitative estimate of drug-likeness (QED) is 0.507. The number of unbranched alkanes of at least 4 members (excludes halogenated alkanes) is 5. The molecule has 0 spiro atoms. The highest BCUT2D eigenvalue weighted by Crippen LogP contribution is 2.07. The van der Waals surface area contributed by atoms with E-state index in [9.17, 15) is 4.79 Å². The second-order valence-corrected chi connectivity index (χ2v) is 5.44. The first-order valence-corrected chi connectivity index (χ1v) is 7.69. The van der Waals surface area contributed by atoms with Crippen molar-refractivity contribution in [1.29, 1.82) is 0 Å². The molecule has 0 bridgehead atoms. The van der Waals surface area contributed by atoms with Crippen LogP contribution in [0.2, 0.25) is 0 Å². The van der Waals surface area contributed by atoms with E-state index in [1.807, 2.05) is 6.92 Å². The van der Waals surface area contributed by atoms with Crippen LogP contribution < -0.4 is 11.1 Å². The van der Waals surface area contributed by atoms with Crippen LogP contribution in [0.3, 0.4) is 0 Å². The molecule has 0 aliphatic rings. The van der Waals surface area contributed by atoms with Crippen molar-refractivity contribution in [3.05, 3.63) is 0 Å². The molecule has 0 fully saturated rings. The summed E-state index contributed by atoms with van der Waals surface area (Å²) in [7, 11) is 0. The molecule has 0 saturated carbocycles. The van der Waals surface area contributed by atoms with Gasteiger partial charge in [-0.25, -0.2) is 0 Å². The maximum Gasteiger partial charge on any atom is 0.239 e. The second kappa shape index (κ2) is 11.2. The molecule has 4 nitrogen and oxygen atoms in total. The summed E-state index contributed by atoms with van der Waals surface area (Å²) in [4.78, 5) is 11.4. The summed E-state index contributed by atoms with van der Waals surface area (Å²) in [6, 6.07) is 0. The van der Waals surface area contributed by atoms with Crippen molar-refractivity contribution < 1.29 is 9.53 Å². The second-order valence-electron chi connectivity index (χ2n) is 5.44. The zero-order chi connectivity index (χ0) is 14.6. The molecule has 0 heterocycles. The minimum absolute atomic E-state index is 0.344. The van der Waals surface area contributed by atoms with Crippen LogP contribution in [0.25, 0.3) is 0 Å². The van der Waals surface area contributed by atoms with E-state index in [4.69, 9.17) is 10.5 Å². The highest BCUT2D eigenvalue weighted by molar-refractivity contribution is 5.84. The summed E-state index contributed by atoms with van der Waals surface area (Å²) in [5.74, 6) is -0.344. The fourth-order valence-electron chi connectivity index (χ4n) is 1.87. The van der Waals surface area contributed by atoms with E-state index < -0.39 is 5.54 Å². The molecular formula is C15H32N2O2. The van der Waals surface area contributed by atoms with Crippen LogP contribution in [0, 0.1) is 0 Å². The first-order valence-electron chi connectivity index (χ1n) is 7.69. The van der Waals surface area contributed by atoms with E-state index in [2.05, 4.69) is 19.2 Å². The molecule has 0 rings (SSSR count). The lowest BCUT2D eigenvalue weighted by molar-refractivity contribution is -0.126. The molecule has 3 N–H and O–H groups in total. The maximum absolute atomic E-state index is 11.4. The molecule has 0 aromatic carbocycles. The molecular weight excluding hydrogens is 240 g/mol. The van der Waals surface area contributed by atoms with Crippen LogP contribution in [0.4, 0.5) is 0 Å². The van der Waals surface area contributed by atoms with Crippen LogP contribution in [0.1, 0.15) is 65.7 Å². The summed E-state index contributed by atoms with van der Waals surface area (Å²) < 4.78 is 5.60. The molecule has 0 aromatic rings. The van der Waals surface area contributed by atoms with E-state index in [1.165, 1.54) is 32.1 Å². The van der Waals surface area contributed by atoms with Crippen LogP contribution in [0.5, 0.6) is 0 Å². The molecule has 0 saturated heterocycles. The lowest BCUT2D eigenvalue weighted by Gasteiger charge is -2.27. The Morgan fingerprint density at radius 2 is 1.74 bits per heavy atom. The Bertz CT molecular complexity index is 234. The van der Waals surface area contributed by atoms with Gasteiger partial charge in [0, 0.05) is 6.61 Å². The Hall–Kier alpha value is -0.610. The molecule has 0 radical (unpaired) electrons. The minimum Gasteiger partial charge on any atom is -0.379 e. The van der Waals surface area contributed by atoms with E-state index >= 15 is 0 Å². The van der Waals surface area contributed by atoms with Crippen molar-refractivity contribution in [3.8, 4) is 0 Å². The first kappa shape index (κ1) is 18.4. The monoisotopic (exact) mass is 272 g/mol. The van der Waals surface area contributed by atoms with Gasteiger partial charge in [-0.15, -0.1) is 0 Å². The number of carbonyl (C=O) groups excluding carboxylic acids is 1. The lowest BCUT2D eigenvalue weighted by Crippen LogP contribution is -2.56. The first-order chi connectivity index (χ1) is 9.06. The molecule has 1 unspecified atom stereocenters. The van der Waals surface area contributed by atoms with Crippen molar-refractivity contribution in [1.82, 2.24) is 5.32 Å². The molecule has 0 aliphatic carbocycles. The van der Waals surface area contributed by atoms with Crippen molar-refractivity contribution >= 4 is 5.91 Å². The van der Waals surface area contributed by atoms with E-state index in [-0.39, 0.29) is 5.91 Å². The molecule has 1 atom stereocenters. The highest BCUT2D eigenvalue weighted by Gasteiger charge is 2.30. The van der Waals surface area contributed by atoms with Gasteiger partial charge in [-0.3, -0.25) is 4.79 Å². The summed E-state index contributed by atoms with van der Waals surface area (Å²) in [5.41, 5.74) is 4.69. The summed E-state index contributed by atoms with van der Waals surface area (Å²) in [6.07, 6.45) is 8.42. The van der Waals surface area contributed by atoms with Crippen LogP contribution in [0.15, 0.2) is 0 Å². The molecule has 0 aliphatic heterocycles. The summed E-state index contributed by atoms with van der Waals surface area (Å²) in [5, 5.41) is 3.16. The Balaban J connectivity index is 3.67. The third-order valence-corrected chi connectivity index (χ3v) is 3.34. The van der Waals surface area contributed by atoms with Gasteiger partial charge in [-0.2, -0.15) is 0 Å². The maximum atomic E-state index is 11.4. The fourth-order valence-corrected chi connectivity index (χ4v) is 1.87.